The van der Waals surface area contributed by atoms with Crippen LogP contribution in [-0.4, -0.2) is 46.9 Å². The average Bonchev–Trinajstić information content (AvgIpc) is 3.15. The van der Waals surface area contributed by atoms with Crippen molar-refractivity contribution in [2.75, 3.05) is 13.2 Å². The van der Waals surface area contributed by atoms with Gasteiger partial charge in [0.05, 0.1) is 17.1 Å². The Morgan fingerprint density at radius 2 is 2.19 bits per heavy atom. The number of carbonyl (C=O) groups is 1. The van der Waals surface area contributed by atoms with Crippen LogP contribution in [0.4, 0.5) is 4.79 Å². The SMILES string of the molecule is C[Si](C)(C)CCOCn1c(C2CCCN2C(=O)O)nc2ccc(Br)cc21. The third-order valence-corrected chi connectivity index (χ3v) is 6.95. The van der Waals surface area contributed by atoms with Crippen LogP contribution in [0.2, 0.25) is 25.7 Å². The van der Waals surface area contributed by atoms with Crippen molar-refractivity contribution in [2.45, 2.75) is 51.3 Å². The minimum absolute atomic E-state index is 0.209. The number of nitrogens with zero attached hydrogens (tertiary/aromatic N) is 3. The summed E-state index contributed by atoms with van der Waals surface area (Å²) >= 11 is 3.52. The number of ether oxygens (including phenoxy) is 1. The van der Waals surface area contributed by atoms with Crippen LogP contribution in [0.5, 0.6) is 0 Å². The lowest BCUT2D eigenvalue weighted by Crippen LogP contribution is -2.30. The zero-order chi connectivity index (χ0) is 18.9. The van der Waals surface area contributed by atoms with Crippen molar-refractivity contribution in [3.63, 3.8) is 0 Å². The summed E-state index contributed by atoms with van der Waals surface area (Å²) in [6, 6.07) is 6.83. The number of halogens is 1. The highest BCUT2D eigenvalue weighted by molar-refractivity contribution is 9.10. The molecular formula is C18H26BrN3O3Si. The quantitative estimate of drug-likeness (QED) is 0.511. The Kier molecular flexibility index (Phi) is 5.74. The normalized spacial score (nSPS) is 18.0. The molecule has 1 fully saturated rings. The van der Waals surface area contributed by atoms with E-state index in [9.17, 15) is 9.90 Å². The molecular weight excluding hydrogens is 414 g/mol. The summed E-state index contributed by atoms with van der Waals surface area (Å²) in [5.41, 5.74) is 1.84. The van der Waals surface area contributed by atoms with Gasteiger partial charge in [-0.05, 0) is 37.1 Å². The second kappa shape index (κ2) is 7.70. The smallest absolute Gasteiger partial charge is 0.407 e. The number of aromatic nitrogens is 2. The van der Waals surface area contributed by atoms with E-state index in [1.54, 1.807) is 0 Å². The van der Waals surface area contributed by atoms with E-state index >= 15 is 0 Å². The molecule has 6 nitrogen and oxygen atoms in total. The van der Waals surface area contributed by atoms with Crippen LogP contribution in [0, 0.1) is 0 Å². The molecule has 2 aromatic rings. The predicted molar refractivity (Wildman–Crippen MR) is 108 cm³/mol. The number of likely N-dealkylation sites (tertiary alicyclic amines) is 1. The molecule has 1 saturated heterocycles. The number of hydrogen-bond acceptors (Lipinski definition) is 3. The summed E-state index contributed by atoms with van der Waals surface area (Å²) < 4.78 is 8.99. The van der Waals surface area contributed by atoms with Gasteiger partial charge in [0.15, 0.2) is 0 Å². The first kappa shape index (κ1) is 19.4. The minimum Gasteiger partial charge on any atom is -0.465 e. The van der Waals surface area contributed by atoms with Crippen LogP contribution in [0.1, 0.15) is 24.7 Å². The van der Waals surface area contributed by atoms with Gasteiger partial charge in [-0.1, -0.05) is 35.6 Å². The number of hydrogen-bond donors (Lipinski definition) is 1. The second-order valence-corrected chi connectivity index (χ2v) is 14.6. The Balaban J connectivity index is 1.90. The predicted octanol–water partition coefficient (Wildman–Crippen LogP) is 4.93. The molecule has 142 valence electrons. The van der Waals surface area contributed by atoms with Crippen LogP contribution in [0.3, 0.4) is 0 Å². The fraction of sp³-hybridized carbons (Fsp3) is 0.556. The summed E-state index contributed by atoms with van der Waals surface area (Å²) in [4.78, 5) is 17.8. The molecule has 3 rings (SSSR count). The highest BCUT2D eigenvalue weighted by Crippen LogP contribution is 2.34. The van der Waals surface area contributed by atoms with Gasteiger partial charge < -0.3 is 14.4 Å². The number of carboxylic acid groups (broad SMARTS) is 1. The first-order valence-corrected chi connectivity index (χ1v) is 13.5. The Bertz CT molecular complexity index is 803. The van der Waals surface area contributed by atoms with E-state index < -0.39 is 14.2 Å². The molecule has 0 bridgehead atoms. The van der Waals surface area contributed by atoms with Crippen LogP contribution >= 0.6 is 15.9 Å². The Morgan fingerprint density at radius 3 is 2.88 bits per heavy atom. The molecule has 1 N–H and O–H groups in total. The standard InChI is InChI=1S/C18H26BrN3O3Si/c1-26(2,3)10-9-25-12-22-16-11-13(19)6-7-14(16)20-17(22)15-5-4-8-21(15)18(23)24/h6-7,11,15H,4-5,8-10,12H2,1-3H3,(H,23,24). The van der Waals surface area contributed by atoms with E-state index in [4.69, 9.17) is 9.72 Å². The van der Waals surface area contributed by atoms with E-state index in [2.05, 4.69) is 35.6 Å². The largest absolute Gasteiger partial charge is 0.465 e. The maximum Gasteiger partial charge on any atom is 0.407 e. The lowest BCUT2D eigenvalue weighted by molar-refractivity contribution is 0.0832. The third kappa shape index (κ3) is 4.29. The van der Waals surface area contributed by atoms with Gasteiger partial charge in [-0.2, -0.15) is 0 Å². The molecule has 1 atom stereocenters. The average molecular weight is 440 g/mol. The van der Waals surface area contributed by atoms with Crippen molar-refractivity contribution in [3.8, 4) is 0 Å². The molecule has 1 unspecified atom stereocenters. The van der Waals surface area contributed by atoms with Crippen molar-refractivity contribution < 1.29 is 14.6 Å². The molecule has 0 saturated carbocycles. The fourth-order valence-electron chi connectivity index (χ4n) is 3.30. The minimum atomic E-state index is -1.15. The fourth-order valence-corrected chi connectivity index (χ4v) is 4.41. The molecule has 8 heteroatoms. The summed E-state index contributed by atoms with van der Waals surface area (Å²) in [6.07, 6.45) is 0.776. The molecule has 1 aromatic heterocycles. The van der Waals surface area contributed by atoms with Crippen molar-refractivity contribution in [2.24, 2.45) is 0 Å². The molecule has 0 aliphatic carbocycles. The van der Waals surface area contributed by atoms with Gasteiger partial charge in [0.2, 0.25) is 0 Å². The Labute approximate surface area is 163 Å². The van der Waals surface area contributed by atoms with E-state index in [0.29, 0.717) is 13.3 Å². The zero-order valence-electron chi connectivity index (χ0n) is 15.5. The lowest BCUT2D eigenvalue weighted by atomic mass is 10.2. The van der Waals surface area contributed by atoms with Crippen molar-refractivity contribution >= 4 is 41.1 Å². The van der Waals surface area contributed by atoms with Crippen LogP contribution in [-0.2, 0) is 11.5 Å². The van der Waals surface area contributed by atoms with Crippen LogP contribution < -0.4 is 0 Å². The Hall–Kier alpha value is -1.38. The molecule has 0 spiro atoms. The maximum atomic E-state index is 11.6. The summed E-state index contributed by atoms with van der Waals surface area (Å²) in [5, 5.41) is 9.51. The van der Waals surface area contributed by atoms with Gasteiger partial charge in [-0.25, -0.2) is 9.78 Å². The van der Waals surface area contributed by atoms with Gasteiger partial charge in [0, 0.05) is 25.7 Å². The molecule has 1 amide bonds. The van der Waals surface area contributed by atoms with Gasteiger partial charge in [-0.15, -0.1) is 0 Å². The monoisotopic (exact) mass is 439 g/mol. The third-order valence-electron chi connectivity index (χ3n) is 4.75. The maximum absolute atomic E-state index is 11.6. The molecule has 1 aliphatic rings. The van der Waals surface area contributed by atoms with Crippen molar-refractivity contribution in [1.82, 2.24) is 14.5 Å². The van der Waals surface area contributed by atoms with Gasteiger partial charge in [-0.3, -0.25) is 4.90 Å². The first-order valence-electron chi connectivity index (χ1n) is 8.99. The van der Waals surface area contributed by atoms with Gasteiger partial charge >= 0.3 is 6.09 Å². The first-order chi connectivity index (χ1) is 12.3. The van der Waals surface area contributed by atoms with E-state index in [-0.39, 0.29) is 6.04 Å². The van der Waals surface area contributed by atoms with E-state index in [0.717, 1.165) is 46.8 Å². The number of benzene rings is 1. The highest BCUT2D eigenvalue weighted by atomic mass is 79.9. The van der Waals surface area contributed by atoms with Crippen molar-refractivity contribution in [1.29, 1.82) is 0 Å². The molecule has 1 aliphatic heterocycles. The lowest BCUT2D eigenvalue weighted by Gasteiger charge is -2.22. The topological polar surface area (TPSA) is 67.6 Å². The summed E-state index contributed by atoms with van der Waals surface area (Å²) in [6.45, 7) is 8.66. The second-order valence-electron chi connectivity index (χ2n) is 8.01. The molecule has 1 aromatic carbocycles. The Morgan fingerprint density at radius 1 is 1.42 bits per heavy atom. The summed E-state index contributed by atoms with van der Waals surface area (Å²) in [7, 11) is -1.15. The van der Waals surface area contributed by atoms with Gasteiger partial charge in [0.25, 0.3) is 0 Å². The zero-order valence-corrected chi connectivity index (χ0v) is 18.1. The number of amides is 1. The van der Waals surface area contributed by atoms with E-state index in [1.807, 2.05) is 22.8 Å². The van der Waals surface area contributed by atoms with Gasteiger partial charge in [0.1, 0.15) is 12.6 Å². The highest BCUT2D eigenvalue weighted by Gasteiger charge is 2.33. The number of rotatable bonds is 6. The number of imidazole rings is 1. The van der Waals surface area contributed by atoms with Crippen LogP contribution in [0.15, 0.2) is 22.7 Å². The van der Waals surface area contributed by atoms with E-state index in [1.165, 1.54) is 4.90 Å². The molecule has 26 heavy (non-hydrogen) atoms. The molecule has 0 radical (unpaired) electrons. The van der Waals surface area contributed by atoms with Crippen LogP contribution in [0.25, 0.3) is 11.0 Å². The van der Waals surface area contributed by atoms with Crippen molar-refractivity contribution in [3.05, 3.63) is 28.5 Å². The number of fused-ring (bicyclic) bond motifs is 1. The summed E-state index contributed by atoms with van der Waals surface area (Å²) in [5.74, 6) is 0.783. The molecule has 2 heterocycles.